The monoisotopic (exact) mass is 475 g/mol. The molecule has 7 heteroatoms. The third-order valence-electron chi connectivity index (χ3n) is 6.27. The Labute approximate surface area is 203 Å². The zero-order chi connectivity index (χ0) is 23.7. The van der Waals surface area contributed by atoms with Crippen LogP contribution in [0.5, 0.6) is 11.5 Å². The second-order valence-electron chi connectivity index (χ2n) is 8.47. The third kappa shape index (κ3) is 4.33. The van der Waals surface area contributed by atoms with Crippen molar-refractivity contribution in [2.75, 3.05) is 25.2 Å². The molecular weight excluding hydrogens is 450 g/mol. The highest BCUT2D eigenvalue weighted by atomic mass is 35.5. The zero-order valence-corrected chi connectivity index (χ0v) is 20.0. The quantitative estimate of drug-likeness (QED) is 0.349. The van der Waals surface area contributed by atoms with E-state index in [1.165, 1.54) is 0 Å². The molecule has 1 aliphatic heterocycles. The van der Waals surface area contributed by atoms with Crippen molar-refractivity contribution < 1.29 is 14.3 Å². The lowest BCUT2D eigenvalue weighted by atomic mass is 10.1. The van der Waals surface area contributed by atoms with E-state index in [0.717, 1.165) is 39.6 Å². The highest BCUT2D eigenvalue weighted by Gasteiger charge is 2.35. The molecule has 3 aromatic carbocycles. The summed E-state index contributed by atoms with van der Waals surface area (Å²) in [5, 5.41) is 0.700. The first-order chi connectivity index (χ1) is 16.5. The number of para-hydroxylation sites is 2. The summed E-state index contributed by atoms with van der Waals surface area (Å²) >= 11 is 6.19. The number of benzene rings is 3. The van der Waals surface area contributed by atoms with Gasteiger partial charge in [-0.25, -0.2) is 4.98 Å². The van der Waals surface area contributed by atoms with Gasteiger partial charge in [0.05, 0.1) is 24.7 Å². The topological polar surface area (TPSA) is 56.6 Å². The first kappa shape index (κ1) is 22.3. The summed E-state index contributed by atoms with van der Waals surface area (Å²) in [6, 6.07) is 21.3. The average Bonchev–Trinajstić information content (AvgIpc) is 3.42. The standard InChI is InChI=1S/C27H26ClN3O3/c1-18-15-20(7-12-23(18)28)31-17-19(16-26(31)32)27-29-24-5-3-4-6-25(24)30(27)13-14-34-22-10-8-21(33-2)9-11-22/h3-12,15,19H,13-14,16-17H2,1-2H3. The highest BCUT2D eigenvalue weighted by Crippen LogP contribution is 2.34. The van der Waals surface area contributed by atoms with Gasteiger partial charge < -0.3 is 18.9 Å². The molecule has 5 rings (SSSR count). The number of anilines is 1. The summed E-state index contributed by atoms with van der Waals surface area (Å²) in [5.41, 5.74) is 3.80. The number of halogens is 1. The lowest BCUT2D eigenvalue weighted by molar-refractivity contribution is -0.117. The van der Waals surface area contributed by atoms with Crippen molar-refractivity contribution in [1.82, 2.24) is 9.55 Å². The van der Waals surface area contributed by atoms with Gasteiger partial charge in [-0.15, -0.1) is 0 Å². The van der Waals surface area contributed by atoms with Gasteiger partial charge in [-0.1, -0.05) is 23.7 Å². The average molecular weight is 476 g/mol. The van der Waals surface area contributed by atoms with Crippen LogP contribution in [0, 0.1) is 6.92 Å². The van der Waals surface area contributed by atoms with Gasteiger partial charge in [-0.3, -0.25) is 4.79 Å². The molecule has 1 atom stereocenters. The number of ether oxygens (including phenoxy) is 2. The number of carbonyl (C=O) groups is 1. The van der Waals surface area contributed by atoms with Crippen molar-refractivity contribution in [2.45, 2.75) is 25.8 Å². The van der Waals surface area contributed by atoms with Gasteiger partial charge in [0.1, 0.15) is 23.9 Å². The predicted octanol–water partition coefficient (Wildman–Crippen LogP) is 5.61. The summed E-state index contributed by atoms with van der Waals surface area (Å²) < 4.78 is 13.4. The molecule has 1 fully saturated rings. The van der Waals surface area contributed by atoms with E-state index in [1.807, 2.05) is 72.5 Å². The van der Waals surface area contributed by atoms with Crippen molar-refractivity contribution >= 4 is 34.2 Å². The summed E-state index contributed by atoms with van der Waals surface area (Å²) in [6.45, 7) is 3.65. The fourth-order valence-electron chi connectivity index (χ4n) is 4.49. The third-order valence-corrected chi connectivity index (χ3v) is 6.69. The SMILES string of the molecule is COc1ccc(OCCn2c(C3CC(=O)N(c4ccc(Cl)c(C)c4)C3)nc3ccccc32)cc1. The number of hydrogen-bond donors (Lipinski definition) is 0. The van der Waals surface area contributed by atoms with Crippen LogP contribution in [0.25, 0.3) is 11.0 Å². The minimum absolute atomic E-state index is 0.00290. The molecule has 4 aromatic rings. The molecule has 1 aliphatic rings. The van der Waals surface area contributed by atoms with Crippen molar-refractivity contribution in [3.8, 4) is 11.5 Å². The van der Waals surface area contributed by atoms with E-state index in [0.29, 0.717) is 31.1 Å². The number of fused-ring (bicyclic) bond motifs is 1. The molecule has 1 saturated heterocycles. The summed E-state index contributed by atoms with van der Waals surface area (Å²) in [6.07, 6.45) is 0.421. The molecule has 6 nitrogen and oxygen atoms in total. The Morgan fingerprint density at radius 2 is 1.82 bits per heavy atom. The van der Waals surface area contributed by atoms with E-state index >= 15 is 0 Å². The highest BCUT2D eigenvalue weighted by molar-refractivity contribution is 6.31. The summed E-state index contributed by atoms with van der Waals surface area (Å²) in [4.78, 5) is 19.7. The lowest BCUT2D eigenvalue weighted by Crippen LogP contribution is -2.24. The maximum atomic E-state index is 13.0. The molecule has 0 aliphatic carbocycles. The molecule has 2 heterocycles. The molecule has 0 bridgehead atoms. The van der Waals surface area contributed by atoms with Gasteiger partial charge in [0.2, 0.25) is 5.91 Å². The Morgan fingerprint density at radius 3 is 2.59 bits per heavy atom. The van der Waals surface area contributed by atoms with Crippen LogP contribution >= 0.6 is 11.6 Å². The van der Waals surface area contributed by atoms with E-state index in [2.05, 4.69) is 10.6 Å². The predicted molar refractivity (Wildman–Crippen MR) is 134 cm³/mol. The van der Waals surface area contributed by atoms with Crippen molar-refractivity contribution in [2.24, 2.45) is 0 Å². The van der Waals surface area contributed by atoms with Crippen LogP contribution < -0.4 is 14.4 Å². The molecule has 34 heavy (non-hydrogen) atoms. The number of aromatic nitrogens is 2. The Bertz CT molecular complexity index is 1330. The molecule has 1 unspecified atom stereocenters. The van der Waals surface area contributed by atoms with Gasteiger partial charge in [0.15, 0.2) is 0 Å². The molecule has 174 valence electrons. The number of imidazole rings is 1. The molecule has 1 amide bonds. The second kappa shape index (κ2) is 9.39. The van der Waals surface area contributed by atoms with Crippen LogP contribution in [0.3, 0.4) is 0 Å². The van der Waals surface area contributed by atoms with Crippen molar-refractivity contribution in [3.63, 3.8) is 0 Å². The van der Waals surface area contributed by atoms with E-state index < -0.39 is 0 Å². The van der Waals surface area contributed by atoms with Crippen LogP contribution in [0.1, 0.15) is 23.7 Å². The number of amides is 1. The minimum Gasteiger partial charge on any atom is -0.497 e. The number of aryl methyl sites for hydroxylation is 1. The first-order valence-corrected chi connectivity index (χ1v) is 11.7. The normalized spacial score (nSPS) is 15.8. The van der Waals surface area contributed by atoms with Crippen molar-refractivity contribution in [1.29, 1.82) is 0 Å². The molecule has 0 radical (unpaired) electrons. The van der Waals surface area contributed by atoms with Crippen LogP contribution in [0.2, 0.25) is 5.02 Å². The smallest absolute Gasteiger partial charge is 0.227 e. The molecule has 0 saturated carbocycles. The summed E-state index contributed by atoms with van der Waals surface area (Å²) in [7, 11) is 1.64. The number of nitrogens with zero attached hydrogens (tertiary/aromatic N) is 3. The molecule has 0 spiro atoms. The molecule has 0 N–H and O–H groups in total. The maximum absolute atomic E-state index is 13.0. The van der Waals surface area contributed by atoms with Crippen LogP contribution in [-0.4, -0.2) is 35.7 Å². The van der Waals surface area contributed by atoms with Crippen molar-refractivity contribution in [3.05, 3.63) is 83.1 Å². The van der Waals surface area contributed by atoms with E-state index in [4.69, 9.17) is 26.1 Å². The zero-order valence-electron chi connectivity index (χ0n) is 19.2. The van der Waals surface area contributed by atoms with Gasteiger partial charge in [-0.05, 0) is 67.1 Å². The van der Waals surface area contributed by atoms with E-state index in [9.17, 15) is 4.79 Å². The van der Waals surface area contributed by atoms with Crippen LogP contribution in [-0.2, 0) is 11.3 Å². The Kier molecular flexibility index (Phi) is 6.16. The summed E-state index contributed by atoms with van der Waals surface area (Å²) in [5.74, 6) is 2.59. The van der Waals surface area contributed by atoms with Gasteiger partial charge >= 0.3 is 0 Å². The van der Waals surface area contributed by atoms with Gasteiger partial charge in [0, 0.05) is 29.6 Å². The fraction of sp³-hybridized carbons (Fsp3) is 0.259. The second-order valence-corrected chi connectivity index (χ2v) is 8.88. The molecule has 1 aromatic heterocycles. The number of methoxy groups -OCH3 is 1. The maximum Gasteiger partial charge on any atom is 0.227 e. The van der Waals surface area contributed by atoms with Crippen LogP contribution in [0.15, 0.2) is 66.7 Å². The Morgan fingerprint density at radius 1 is 1.06 bits per heavy atom. The Hall–Kier alpha value is -3.51. The number of hydrogen-bond acceptors (Lipinski definition) is 4. The first-order valence-electron chi connectivity index (χ1n) is 11.3. The fourth-order valence-corrected chi connectivity index (χ4v) is 4.61. The molecular formula is C27H26ClN3O3. The van der Waals surface area contributed by atoms with Crippen LogP contribution in [0.4, 0.5) is 5.69 Å². The van der Waals surface area contributed by atoms with E-state index in [-0.39, 0.29) is 11.8 Å². The Balaban J connectivity index is 1.38. The largest absolute Gasteiger partial charge is 0.497 e. The van der Waals surface area contributed by atoms with Gasteiger partial charge in [-0.2, -0.15) is 0 Å². The number of rotatable bonds is 7. The minimum atomic E-state index is -0.00290. The van der Waals surface area contributed by atoms with E-state index in [1.54, 1.807) is 7.11 Å². The van der Waals surface area contributed by atoms with Gasteiger partial charge in [0.25, 0.3) is 0 Å². The number of carbonyl (C=O) groups excluding carboxylic acids is 1. The lowest BCUT2D eigenvalue weighted by Gasteiger charge is -2.18.